The molecule has 8 heteroatoms. The minimum Gasteiger partial charge on any atom is -0.323 e. The van der Waals surface area contributed by atoms with Crippen LogP contribution in [0.4, 0.5) is 11.4 Å². The van der Waals surface area contributed by atoms with Crippen molar-refractivity contribution >= 4 is 65.1 Å². The predicted molar refractivity (Wildman–Crippen MR) is 89.5 cm³/mol. The van der Waals surface area contributed by atoms with Gasteiger partial charge in [0.15, 0.2) is 0 Å². The average Bonchev–Trinajstić information content (AvgIpc) is 2.42. The molecule has 1 amide bonds. The molecule has 1 aromatic carbocycles. The number of pyridine rings is 1. The van der Waals surface area contributed by atoms with Gasteiger partial charge in [-0.1, -0.05) is 15.9 Å². The van der Waals surface area contributed by atoms with Crippen LogP contribution < -0.4 is 16.6 Å². The van der Waals surface area contributed by atoms with E-state index < -0.39 is 0 Å². The van der Waals surface area contributed by atoms with Crippen LogP contribution in [-0.4, -0.2) is 10.9 Å². The highest BCUT2D eigenvalue weighted by Crippen LogP contribution is 2.34. The molecule has 0 aliphatic rings. The van der Waals surface area contributed by atoms with E-state index in [1.165, 1.54) is 6.20 Å². The van der Waals surface area contributed by atoms with Gasteiger partial charge in [-0.05, 0) is 56.1 Å². The molecule has 0 aliphatic heterocycles. The van der Waals surface area contributed by atoms with Crippen molar-refractivity contribution < 1.29 is 4.79 Å². The number of benzene rings is 1. The minimum absolute atomic E-state index is 0.297. The van der Waals surface area contributed by atoms with E-state index in [4.69, 9.17) is 5.84 Å². The van der Waals surface area contributed by atoms with Gasteiger partial charge < -0.3 is 10.7 Å². The number of rotatable bonds is 3. The van der Waals surface area contributed by atoms with Crippen LogP contribution in [0.1, 0.15) is 10.5 Å². The summed E-state index contributed by atoms with van der Waals surface area (Å²) in [6.45, 7) is 0. The summed E-state index contributed by atoms with van der Waals surface area (Å²) < 4.78 is 2.41. The average molecular weight is 465 g/mol. The summed E-state index contributed by atoms with van der Waals surface area (Å²) in [5.74, 6) is 4.94. The van der Waals surface area contributed by atoms with E-state index in [2.05, 4.69) is 63.5 Å². The van der Waals surface area contributed by atoms with Crippen molar-refractivity contribution in [2.75, 3.05) is 10.7 Å². The summed E-state index contributed by atoms with van der Waals surface area (Å²) >= 11 is 10.2. The summed E-state index contributed by atoms with van der Waals surface area (Å²) in [6, 6.07) is 6.95. The number of nitrogens with zero attached hydrogens (tertiary/aromatic N) is 1. The Hall–Kier alpha value is -0.960. The maximum absolute atomic E-state index is 12.1. The topological polar surface area (TPSA) is 80.0 Å². The van der Waals surface area contributed by atoms with E-state index in [1.807, 2.05) is 12.1 Å². The molecule has 0 aliphatic carbocycles. The lowest BCUT2D eigenvalue weighted by Gasteiger charge is -2.10. The molecule has 2 aromatic rings. The molecular formula is C12H9Br3N4O. The van der Waals surface area contributed by atoms with Gasteiger partial charge in [0, 0.05) is 13.4 Å². The molecule has 104 valence electrons. The molecule has 0 spiro atoms. The molecule has 5 nitrogen and oxygen atoms in total. The van der Waals surface area contributed by atoms with Crippen LogP contribution in [0.5, 0.6) is 0 Å². The Morgan fingerprint density at radius 2 is 1.80 bits per heavy atom. The highest BCUT2D eigenvalue weighted by atomic mass is 79.9. The van der Waals surface area contributed by atoms with Crippen molar-refractivity contribution in [1.29, 1.82) is 0 Å². The normalized spacial score (nSPS) is 10.2. The lowest BCUT2D eigenvalue weighted by atomic mass is 10.3. The van der Waals surface area contributed by atoms with Crippen molar-refractivity contribution in [3.63, 3.8) is 0 Å². The van der Waals surface area contributed by atoms with Crippen LogP contribution >= 0.6 is 47.8 Å². The molecule has 1 heterocycles. The molecule has 0 unspecified atom stereocenters. The first kappa shape index (κ1) is 15.4. The van der Waals surface area contributed by atoms with E-state index >= 15 is 0 Å². The molecule has 2 rings (SSSR count). The first-order valence-electron chi connectivity index (χ1n) is 5.40. The van der Waals surface area contributed by atoms with Crippen LogP contribution in [0.25, 0.3) is 0 Å². The van der Waals surface area contributed by atoms with Crippen molar-refractivity contribution in [2.24, 2.45) is 5.84 Å². The highest BCUT2D eigenvalue weighted by Gasteiger charge is 2.13. The summed E-state index contributed by atoms with van der Waals surface area (Å²) in [7, 11) is 0. The maximum atomic E-state index is 12.1. The summed E-state index contributed by atoms with van der Waals surface area (Å²) in [4.78, 5) is 16.2. The number of hydrazine groups is 1. The SMILES string of the molecule is NNc1ccc(C(=O)Nc2c(Br)cc(Br)cc2Br)nc1. The highest BCUT2D eigenvalue weighted by molar-refractivity contribution is 9.11. The lowest BCUT2D eigenvalue weighted by molar-refractivity contribution is 0.102. The van der Waals surface area contributed by atoms with E-state index in [-0.39, 0.29) is 5.91 Å². The fraction of sp³-hybridized carbons (Fsp3) is 0. The van der Waals surface area contributed by atoms with Crippen molar-refractivity contribution in [1.82, 2.24) is 4.98 Å². The number of amides is 1. The fourth-order valence-electron chi connectivity index (χ4n) is 1.45. The van der Waals surface area contributed by atoms with Crippen LogP contribution in [0.3, 0.4) is 0 Å². The van der Waals surface area contributed by atoms with Gasteiger partial charge in [0.25, 0.3) is 5.91 Å². The third kappa shape index (κ3) is 3.57. The molecule has 0 atom stereocenters. The van der Waals surface area contributed by atoms with Crippen molar-refractivity contribution in [3.05, 3.63) is 49.6 Å². The third-order valence-electron chi connectivity index (χ3n) is 2.41. The van der Waals surface area contributed by atoms with E-state index in [1.54, 1.807) is 12.1 Å². The molecule has 0 radical (unpaired) electrons. The number of hydrogen-bond acceptors (Lipinski definition) is 4. The van der Waals surface area contributed by atoms with Crippen molar-refractivity contribution in [2.45, 2.75) is 0 Å². The van der Waals surface area contributed by atoms with Gasteiger partial charge in [0.05, 0.1) is 17.6 Å². The lowest BCUT2D eigenvalue weighted by Crippen LogP contribution is -2.15. The van der Waals surface area contributed by atoms with E-state index in [0.717, 1.165) is 13.4 Å². The van der Waals surface area contributed by atoms with E-state index in [9.17, 15) is 4.79 Å². The number of nitrogen functional groups attached to an aromatic ring is 1. The Morgan fingerprint density at radius 1 is 1.15 bits per heavy atom. The number of hydrogen-bond donors (Lipinski definition) is 3. The molecule has 1 aromatic heterocycles. The van der Waals surface area contributed by atoms with Gasteiger partial charge in [0.2, 0.25) is 0 Å². The zero-order chi connectivity index (χ0) is 14.7. The second kappa shape index (κ2) is 6.66. The zero-order valence-corrected chi connectivity index (χ0v) is 14.7. The Labute approximate surface area is 140 Å². The standard InChI is InChI=1S/C12H9Br3N4O/c13-6-3-8(14)11(9(15)4-6)18-12(20)10-2-1-7(19-16)5-17-10/h1-5,19H,16H2,(H,18,20). The molecule has 0 fully saturated rings. The molecule has 0 saturated heterocycles. The molecular weight excluding hydrogens is 456 g/mol. The zero-order valence-electron chi connectivity index (χ0n) is 9.95. The largest absolute Gasteiger partial charge is 0.323 e. The van der Waals surface area contributed by atoms with Crippen LogP contribution in [0.15, 0.2) is 43.9 Å². The third-order valence-corrected chi connectivity index (χ3v) is 4.12. The predicted octanol–water partition coefficient (Wildman–Crippen LogP) is 3.91. The summed E-state index contributed by atoms with van der Waals surface area (Å²) in [5.41, 5.74) is 4.02. The quantitative estimate of drug-likeness (QED) is 0.475. The monoisotopic (exact) mass is 462 g/mol. The van der Waals surface area contributed by atoms with Gasteiger partial charge >= 0.3 is 0 Å². The molecule has 4 N–H and O–H groups in total. The molecule has 20 heavy (non-hydrogen) atoms. The van der Waals surface area contributed by atoms with Crippen molar-refractivity contribution in [3.8, 4) is 0 Å². The van der Waals surface area contributed by atoms with E-state index in [0.29, 0.717) is 17.1 Å². The second-order valence-electron chi connectivity index (χ2n) is 3.78. The first-order chi connectivity index (χ1) is 9.51. The molecule has 0 bridgehead atoms. The molecule has 0 saturated carbocycles. The number of aromatic nitrogens is 1. The van der Waals surface area contributed by atoms with Gasteiger partial charge in [-0.15, -0.1) is 0 Å². The van der Waals surface area contributed by atoms with Crippen LogP contribution in [0.2, 0.25) is 0 Å². The Balaban J connectivity index is 2.23. The van der Waals surface area contributed by atoms with Crippen LogP contribution in [0, 0.1) is 0 Å². The number of halogens is 3. The Kier molecular flexibility index (Phi) is 5.14. The Morgan fingerprint density at radius 3 is 2.30 bits per heavy atom. The van der Waals surface area contributed by atoms with Gasteiger partial charge in [-0.3, -0.25) is 10.6 Å². The number of nitrogens with one attached hydrogen (secondary N) is 2. The smallest absolute Gasteiger partial charge is 0.274 e. The minimum atomic E-state index is -0.308. The fourth-order valence-corrected chi connectivity index (χ4v) is 3.91. The van der Waals surface area contributed by atoms with Gasteiger partial charge in [0.1, 0.15) is 5.69 Å². The first-order valence-corrected chi connectivity index (χ1v) is 7.77. The van der Waals surface area contributed by atoms with Gasteiger partial charge in [-0.25, -0.2) is 4.98 Å². The summed E-state index contributed by atoms with van der Waals surface area (Å²) in [6.07, 6.45) is 1.49. The van der Waals surface area contributed by atoms with Crippen LogP contribution in [-0.2, 0) is 0 Å². The summed E-state index contributed by atoms with van der Waals surface area (Å²) in [5, 5.41) is 2.79. The number of anilines is 2. The maximum Gasteiger partial charge on any atom is 0.274 e. The van der Waals surface area contributed by atoms with Gasteiger partial charge in [-0.2, -0.15) is 0 Å². The Bertz CT molecular complexity index is 623. The number of carbonyl (C=O) groups excluding carboxylic acids is 1. The second-order valence-corrected chi connectivity index (χ2v) is 6.40. The number of nitrogens with two attached hydrogens (primary N) is 1. The number of carbonyl (C=O) groups is 1.